The van der Waals surface area contributed by atoms with E-state index < -0.39 is 80.0 Å². The Morgan fingerprint density at radius 3 is 1.95 bits per heavy atom. The number of imidazole rings is 1. The van der Waals surface area contributed by atoms with Crippen LogP contribution in [-0.2, 0) is 96.1 Å². The molecule has 0 fully saturated rings. The number of hydrazone groups is 1. The highest BCUT2D eigenvalue weighted by molar-refractivity contribution is 7.93. The second kappa shape index (κ2) is 35.0. The predicted molar refractivity (Wildman–Crippen MR) is 404 cm³/mol. The number of sulfone groups is 2. The molecule has 3 aliphatic heterocycles. The number of hydrogen-bond acceptors (Lipinski definition) is 26. The highest BCUT2D eigenvalue weighted by atomic mass is 35.5. The lowest BCUT2D eigenvalue weighted by molar-refractivity contribution is -0.148. The van der Waals surface area contributed by atoms with Gasteiger partial charge in [-0.25, -0.2) is 55.3 Å². The molecule has 109 heavy (non-hydrogen) atoms. The Morgan fingerprint density at radius 1 is 0.761 bits per heavy atom. The number of esters is 3. The predicted octanol–water partition coefficient (Wildman–Crippen LogP) is 8.40. The molecule has 0 radical (unpaired) electrons. The van der Waals surface area contributed by atoms with Gasteiger partial charge < -0.3 is 38.4 Å². The van der Waals surface area contributed by atoms with Crippen LogP contribution >= 0.6 is 23.2 Å². The maximum absolute atomic E-state index is 13.5. The lowest BCUT2D eigenvalue weighted by Crippen LogP contribution is -2.48. The van der Waals surface area contributed by atoms with Crippen LogP contribution in [0.5, 0.6) is 17.6 Å². The van der Waals surface area contributed by atoms with Crippen molar-refractivity contribution in [1.29, 1.82) is 0 Å². The van der Waals surface area contributed by atoms with Crippen LogP contribution < -0.4 is 40.4 Å². The normalized spacial score (nSPS) is 14.9. The monoisotopic (exact) mass is 1610 g/mol. The van der Waals surface area contributed by atoms with Crippen LogP contribution in [0, 0.1) is 19.3 Å². The number of aromatic amines is 1. The van der Waals surface area contributed by atoms with Crippen LogP contribution in [0.25, 0.3) is 16.8 Å². The minimum atomic E-state index is -4.68. The van der Waals surface area contributed by atoms with E-state index >= 15 is 0 Å². The van der Waals surface area contributed by atoms with Gasteiger partial charge in [0, 0.05) is 54.7 Å². The van der Waals surface area contributed by atoms with Crippen molar-refractivity contribution in [1.82, 2.24) is 43.2 Å². The summed E-state index contributed by atoms with van der Waals surface area (Å²) >= 11 is 12.2. The Kier molecular flexibility index (Phi) is 27.1. The summed E-state index contributed by atoms with van der Waals surface area (Å²) in [5.41, 5.74) is 4.58. The Hall–Kier alpha value is -10.3. The van der Waals surface area contributed by atoms with Crippen LogP contribution in [0.1, 0.15) is 119 Å². The second-order valence-corrected chi connectivity index (χ2v) is 32.4. The fourth-order valence-corrected chi connectivity index (χ4v) is 15.7. The van der Waals surface area contributed by atoms with Crippen molar-refractivity contribution < 1.29 is 82.5 Å². The van der Waals surface area contributed by atoms with Gasteiger partial charge in [-0.1, -0.05) is 72.9 Å². The number of carbonyl (C=O) groups is 5. The minimum absolute atomic E-state index is 0.00623. The molecule has 0 saturated carbocycles. The van der Waals surface area contributed by atoms with Crippen molar-refractivity contribution in [2.75, 3.05) is 69.6 Å². The number of halogens is 2. The average molecular weight is 1610 g/mol. The van der Waals surface area contributed by atoms with Gasteiger partial charge in [-0.2, -0.15) is 23.5 Å². The van der Waals surface area contributed by atoms with Crippen LogP contribution in [0.3, 0.4) is 0 Å². The van der Waals surface area contributed by atoms with E-state index in [1.165, 1.54) is 86.2 Å². The average Bonchev–Trinajstić information content (AvgIpc) is 1.62. The number of anilines is 2. The van der Waals surface area contributed by atoms with Gasteiger partial charge in [0.05, 0.1) is 92.3 Å². The minimum Gasteiger partial charge on any atom is -0.481 e. The van der Waals surface area contributed by atoms with Gasteiger partial charge in [-0.05, 0) is 133 Å². The van der Waals surface area contributed by atoms with Crippen LogP contribution in [0.15, 0.2) is 114 Å². The zero-order valence-corrected chi connectivity index (χ0v) is 66.6. The highest BCUT2D eigenvalue weighted by Gasteiger charge is 2.50. The summed E-state index contributed by atoms with van der Waals surface area (Å²) in [4.78, 5) is 105. The molecule has 0 bridgehead atoms. The largest absolute Gasteiger partial charge is 0.481 e. The molecule has 586 valence electrons. The molecule has 5 aromatic heterocycles. The Labute approximate surface area is 638 Å². The molecule has 0 aliphatic carbocycles. The van der Waals surface area contributed by atoms with Gasteiger partial charge in [0.1, 0.15) is 29.1 Å². The van der Waals surface area contributed by atoms with Crippen LogP contribution in [0.2, 0.25) is 10.0 Å². The summed E-state index contributed by atoms with van der Waals surface area (Å²) < 4.78 is 114. The quantitative estimate of drug-likeness (QED) is 0.0476. The molecule has 0 spiro atoms. The zero-order chi connectivity index (χ0) is 80.4. The molecule has 8 heterocycles. The lowest BCUT2D eigenvalue weighted by atomic mass is 9.91. The molecule has 33 nitrogen and oxygen atoms in total. The molecule has 0 saturated heterocycles. The standard InChI is InChI=1S/C23H32N2O4.C16H18Cl2N2O4.C16H18N6O7S2.C16H17N3O5S/c1-7-16-13-15(3)14-17(8-2)18(16)19-20(26)24-9-11-28-12-10-25(24)21(19)29-22(27)23(4,5)6;1-4-23-14(21)12-9-16(3,15(22)24-5-2)20(19-12)13-7-6-10(17)8-11(13)18;1-4-30(24,25)13-14(22-8-6-5-7-10(22)17-13)31(26,27)21-16(23)20-15-18-11(28-2)9-12(19-15)29-3;1-9-10(15(20)11-8-17-19(2)16(11)21)4-5-13(25(3,22)23)14(9)12-6-7-24-18-12/h13-14H,7-12H2,1-6H3;6-8H,4-5,9H2,1-3H3;5-9H,4H2,1-3H3,(H2,18,19,20,21,23);4-5,8,17H,6-7H2,1-3H3. The molecule has 2 amide bonds. The summed E-state index contributed by atoms with van der Waals surface area (Å²) in [6, 6.07) is 16.5. The first-order chi connectivity index (χ1) is 51.3. The summed E-state index contributed by atoms with van der Waals surface area (Å²) in [5, 5.41) is 13.8. The number of hydrogen-bond donors (Lipinski definition) is 3. The number of urea groups is 1. The SMILES string of the molecule is CCOC(=O)C1=NN(c2ccc(Cl)cc2Cl)C(C)(C(=O)OCC)C1.CCS(=O)(=O)c1nc2ccccn2c1S(=O)(=O)NC(=O)Nc1nc(OC)cc(OC)n1.CCc1cc(C)cc(CC)c1-c1c(OC(=O)C(C)(C)C)n2n(c1=O)CCOCC2.Cc1c(C(=O)c2c[nH]n(C)c2=O)ccc(S(C)(=O)=O)c1C1=NOCC1. The van der Waals surface area contributed by atoms with Gasteiger partial charge in [0.25, 0.3) is 21.1 Å². The number of H-pyrrole nitrogens is 1. The molecule has 1 unspecified atom stereocenters. The molecular formula is C71H85Cl2N13O20S3. The van der Waals surface area contributed by atoms with Gasteiger partial charge in [-0.3, -0.25) is 33.6 Å². The number of ketones is 1. The van der Waals surface area contributed by atoms with E-state index in [9.17, 15) is 58.8 Å². The molecular weight excluding hydrogens is 1520 g/mol. The van der Waals surface area contributed by atoms with E-state index in [0.717, 1.165) is 40.2 Å². The molecule has 3 aromatic carbocycles. The van der Waals surface area contributed by atoms with Crippen LogP contribution in [0.4, 0.5) is 16.4 Å². The smallest absolute Gasteiger partial charge is 0.354 e. The zero-order valence-electron chi connectivity index (χ0n) is 62.6. The molecule has 3 N–H and O–H groups in total. The Morgan fingerprint density at radius 2 is 1.40 bits per heavy atom. The van der Waals surface area contributed by atoms with E-state index in [1.54, 1.807) is 66.0 Å². The van der Waals surface area contributed by atoms with Gasteiger partial charge >= 0.3 is 23.9 Å². The number of nitrogens with zero attached hydrogens (tertiary/aromatic N) is 10. The van der Waals surface area contributed by atoms with Crippen molar-refractivity contribution in [3.63, 3.8) is 0 Å². The number of rotatable bonds is 20. The van der Waals surface area contributed by atoms with E-state index in [1.807, 2.05) is 20.8 Å². The van der Waals surface area contributed by atoms with Gasteiger partial charge in [-0.15, -0.1) is 0 Å². The highest BCUT2D eigenvalue weighted by Crippen LogP contribution is 2.41. The number of sulfonamides is 1. The third-order valence-electron chi connectivity index (χ3n) is 17.0. The molecule has 1 atom stereocenters. The third kappa shape index (κ3) is 18.9. The fraction of sp³-hybridized carbons (Fsp3) is 0.408. The number of methoxy groups -OCH3 is 2. The molecule has 8 aromatic rings. The van der Waals surface area contributed by atoms with E-state index in [4.69, 9.17) is 56.5 Å². The lowest BCUT2D eigenvalue weighted by Gasteiger charge is -2.32. The van der Waals surface area contributed by atoms with Gasteiger partial charge in [0.15, 0.2) is 41.0 Å². The number of ether oxygens (including phenoxy) is 6. The van der Waals surface area contributed by atoms with Crippen molar-refractivity contribution in [3.05, 3.63) is 149 Å². The van der Waals surface area contributed by atoms with Gasteiger partial charge in [0.2, 0.25) is 23.6 Å². The molecule has 11 rings (SSSR count). The number of amides is 2. The number of carbonyl (C=O) groups excluding carboxylic acids is 5. The number of aromatic nitrogens is 8. The first-order valence-corrected chi connectivity index (χ1v) is 39.9. The molecule has 38 heteroatoms. The van der Waals surface area contributed by atoms with E-state index in [2.05, 4.69) is 68.5 Å². The Bertz CT molecular complexity index is 5340. The summed E-state index contributed by atoms with van der Waals surface area (Å²) in [7, 11) is -8.06. The van der Waals surface area contributed by atoms with Crippen molar-refractivity contribution in [3.8, 4) is 28.8 Å². The Balaban J connectivity index is 0.000000184. The number of nitrogens with one attached hydrogen (secondary N) is 3. The number of fused-ring (bicyclic) bond motifs is 2. The first-order valence-electron chi connectivity index (χ1n) is 34.1. The third-order valence-corrected chi connectivity index (χ3v) is 21.8. The summed E-state index contributed by atoms with van der Waals surface area (Å²) in [5.74, 6) is -2.13. The number of pyridine rings is 1. The number of oxime groups is 1. The maximum atomic E-state index is 13.5. The fourth-order valence-electron chi connectivity index (χ4n) is 11.6. The van der Waals surface area contributed by atoms with Crippen molar-refractivity contribution in [2.24, 2.45) is 22.7 Å². The van der Waals surface area contributed by atoms with Crippen molar-refractivity contribution in [2.45, 2.75) is 135 Å². The second-order valence-electron chi connectivity index (χ2n) is 25.8. The first kappa shape index (κ1) is 84.4. The van der Waals surface area contributed by atoms with E-state index in [0.29, 0.717) is 83.3 Å². The molecule has 3 aliphatic rings. The van der Waals surface area contributed by atoms with Crippen LogP contribution in [-0.4, -0.2) is 170 Å². The maximum Gasteiger partial charge on any atom is 0.354 e. The summed E-state index contributed by atoms with van der Waals surface area (Å²) in [6.45, 7) is 22.4. The van der Waals surface area contributed by atoms with Crippen molar-refractivity contribution >= 4 is 111 Å². The summed E-state index contributed by atoms with van der Waals surface area (Å²) in [6.07, 6.45) is 5.86. The topological polar surface area (TPSA) is 412 Å². The number of benzene rings is 3. The number of aryl methyl sites for hydroxylation is 4. The van der Waals surface area contributed by atoms with E-state index in [-0.39, 0.29) is 82.0 Å².